The first-order valence-electron chi connectivity index (χ1n) is 9.57. The Kier molecular flexibility index (Phi) is 4.49. The van der Waals surface area contributed by atoms with E-state index in [-0.39, 0.29) is 24.6 Å². The number of hydrogen-bond acceptors (Lipinski definition) is 5. The van der Waals surface area contributed by atoms with Gasteiger partial charge in [0.15, 0.2) is 17.5 Å². The average Bonchev–Trinajstić information content (AvgIpc) is 3.39. The minimum atomic E-state index is -4.51. The molecule has 2 aliphatic heterocycles. The zero-order valence-electron chi connectivity index (χ0n) is 16.0. The van der Waals surface area contributed by atoms with Gasteiger partial charge in [-0.3, -0.25) is 4.79 Å². The molecule has 0 spiro atoms. The van der Waals surface area contributed by atoms with Crippen LogP contribution < -0.4 is 20.1 Å². The fourth-order valence-electron chi connectivity index (χ4n) is 3.81. The lowest BCUT2D eigenvalue weighted by atomic mass is 9.96. The summed E-state index contributed by atoms with van der Waals surface area (Å²) in [6, 6.07) is 11.2. The van der Waals surface area contributed by atoms with Gasteiger partial charge in [0.25, 0.3) is 5.91 Å². The van der Waals surface area contributed by atoms with Gasteiger partial charge < -0.3 is 20.1 Å². The monoisotopic (exact) mass is 430 g/mol. The summed E-state index contributed by atoms with van der Waals surface area (Å²) in [6.45, 7) is 0.0906. The number of fused-ring (bicyclic) bond motifs is 2. The summed E-state index contributed by atoms with van der Waals surface area (Å²) in [5, 5.41) is 9.63. The maximum Gasteiger partial charge on any atom is 0.410 e. The van der Waals surface area contributed by atoms with Crippen molar-refractivity contribution < 1.29 is 27.4 Å². The van der Waals surface area contributed by atoms with Gasteiger partial charge in [-0.1, -0.05) is 30.3 Å². The lowest BCUT2D eigenvalue weighted by Crippen LogP contribution is -2.36. The lowest BCUT2D eigenvalue weighted by molar-refractivity contribution is -0.173. The molecule has 160 valence electrons. The maximum atomic E-state index is 13.8. The molecule has 2 atom stereocenters. The van der Waals surface area contributed by atoms with Crippen LogP contribution in [0.5, 0.6) is 11.5 Å². The molecule has 10 heteroatoms. The van der Waals surface area contributed by atoms with Crippen molar-refractivity contribution in [3.05, 3.63) is 65.9 Å². The van der Waals surface area contributed by atoms with Crippen LogP contribution in [0.25, 0.3) is 0 Å². The Morgan fingerprint density at radius 1 is 1.13 bits per heavy atom. The molecule has 2 aromatic carbocycles. The molecule has 0 saturated carbocycles. The topological polar surface area (TPSA) is 77.4 Å². The predicted molar refractivity (Wildman–Crippen MR) is 105 cm³/mol. The van der Waals surface area contributed by atoms with E-state index >= 15 is 0 Å². The van der Waals surface area contributed by atoms with Crippen LogP contribution in [0.1, 0.15) is 34.4 Å². The SMILES string of the molecule is O=C(Nc1ccc2c(c1)OCO2)c1cnn2c1N[C@H](c1ccccc1)C[C@@H]2C(F)(F)F. The Balaban J connectivity index is 1.46. The number of amides is 1. The number of anilines is 2. The number of alkyl halides is 3. The molecule has 3 heterocycles. The van der Waals surface area contributed by atoms with Crippen molar-refractivity contribution in [2.24, 2.45) is 0 Å². The number of nitrogens with one attached hydrogen (secondary N) is 2. The summed E-state index contributed by atoms with van der Waals surface area (Å²) in [7, 11) is 0. The van der Waals surface area contributed by atoms with Gasteiger partial charge in [-0.15, -0.1) is 0 Å². The highest BCUT2D eigenvalue weighted by molar-refractivity contribution is 6.07. The van der Waals surface area contributed by atoms with Crippen molar-refractivity contribution in [1.82, 2.24) is 9.78 Å². The molecule has 0 aliphatic carbocycles. The molecule has 1 aromatic heterocycles. The zero-order valence-corrected chi connectivity index (χ0v) is 16.0. The van der Waals surface area contributed by atoms with Gasteiger partial charge in [-0.25, -0.2) is 4.68 Å². The van der Waals surface area contributed by atoms with Crippen LogP contribution in [0, 0.1) is 0 Å². The molecule has 2 aliphatic rings. The highest BCUT2D eigenvalue weighted by Crippen LogP contribution is 2.44. The first-order valence-corrected chi connectivity index (χ1v) is 9.57. The number of halogens is 3. The van der Waals surface area contributed by atoms with E-state index in [9.17, 15) is 18.0 Å². The van der Waals surface area contributed by atoms with Crippen LogP contribution in [0.3, 0.4) is 0 Å². The third-order valence-electron chi connectivity index (χ3n) is 5.32. The van der Waals surface area contributed by atoms with Gasteiger partial charge in [0, 0.05) is 18.2 Å². The highest BCUT2D eigenvalue weighted by atomic mass is 19.4. The molecule has 0 bridgehead atoms. The van der Waals surface area contributed by atoms with Crippen LogP contribution in [0.15, 0.2) is 54.7 Å². The number of nitrogens with zero attached hydrogens (tertiary/aromatic N) is 2. The first kappa shape index (κ1) is 19.3. The first-order chi connectivity index (χ1) is 14.9. The Labute approximate surface area is 174 Å². The number of benzene rings is 2. The van der Waals surface area contributed by atoms with Crippen LogP contribution in [-0.2, 0) is 0 Å². The fourth-order valence-corrected chi connectivity index (χ4v) is 3.81. The zero-order chi connectivity index (χ0) is 21.6. The molecular weight excluding hydrogens is 413 g/mol. The van der Waals surface area contributed by atoms with Crippen LogP contribution in [0.2, 0.25) is 0 Å². The van der Waals surface area contributed by atoms with Gasteiger partial charge in [0.05, 0.1) is 12.2 Å². The summed E-state index contributed by atoms with van der Waals surface area (Å²) in [4.78, 5) is 12.9. The molecule has 7 nitrogen and oxygen atoms in total. The normalized spacial score (nSPS) is 19.5. The van der Waals surface area contributed by atoms with Crippen molar-refractivity contribution in [2.45, 2.75) is 24.7 Å². The van der Waals surface area contributed by atoms with Gasteiger partial charge in [0.2, 0.25) is 6.79 Å². The number of carbonyl (C=O) groups is 1. The highest BCUT2D eigenvalue weighted by Gasteiger charge is 2.47. The van der Waals surface area contributed by atoms with Crippen molar-refractivity contribution in [1.29, 1.82) is 0 Å². The third kappa shape index (κ3) is 3.54. The standard InChI is InChI=1S/C21H17F3N4O3/c22-21(23,24)18-9-15(12-4-2-1-3-5-12)27-19-14(10-25-28(18)19)20(29)26-13-6-7-16-17(8-13)31-11-30-16/h1-8,10,15,18,27H,9,11H2,(H,26,29)/t15-,18+/m0/s1. The van der Waals surface area contributed by atoms with E-state index in [1.807, 2.05) is 0 Å². The number of carbonyl (C=O) groups excluding carboxylic acids is 1. The van der Waals surface area contributed by atoms with E-state index in [1.165, 1.54) is 0 Å². The molecule has 0 fully saturated rings. The van der Waals surface area contributed by atoms with E-state index in [4.69, 9.17) is 9.47 Å². The Morgan fingerprint density at radius 3 is 2.68 bits per heavy atom. The smallest absolute Gasteiger partial charge is 0.410 e. The van der Waals surface area contributed by atoms with E-state index in [0.717, 1.165) is 10.9 Å². The Morgan fingerprint density at radius 2 is 1.90 bits per heavy atom. The predicted octanol–water partition coefficient (Wildman–Crippen LogP) is 4.52. The Bertz CT molecular complexity index is 1130. The molecule has 5 rings (SSSR count). The Hall–Kier alpha value is -3.69. The summed E-state index contributed by atoms with van der Waals surface area (Å²) < 4.78 is 52.7. The molecule has 1 amide bonds. The summed E-state index contributed by atoms with van der Waals surface area (Å²) in [5.74, 6) is 0.485. The van der Waals surface area contributed by atoms with Crippen LogP contribution in [0.4, 0.5) is 24.7 Å². The lowest BCUT2D eigenvalue weighted by Gasteiger charge is -2.34. The van der Waals surface area contributed by atoms with Crippen molar-refractivity contribution in [3.8, 4) is 11.5 Å². The fraction of sp³-hybridized carbons (Fsp3) is 0.238. The van der Waals surface area contributed by atoms with E-state index in [0.29, 0.717) is 22.7 Å². The summed E-state index contributed by atoms with van der Waals surface area (Å²) in [6.07, 6.45) is -3.59. The molecule has 31 heavy (non-hydrogen) atoms. The van der Waals surface area contributed by atoms with Gasteiger partial charge in [0.1, 0.15) is 11.4 Å². The molecule has 0 radical (unpaired) electrons. The molecular formula is C21H17F3N4O3. The average molecular weight is 430 g/mol. The van der Waals surface area contributed by atoms with E-state index < -0.39 is 24.2 Å². The number of aromatic nitrogens is 2. The molecule has 0 saturated heterocycles. The maximum absolute atomic E-state index is 13.8. The summed E-state index contributed by atoms with van der Waals surface area (Å²) in [5.41, 5.74) is 1.15. The van der Waals surface area contributed by atoms with Crippen molar-refractivity contribution >= 4 is 17.4 Å². The second-order valence-corrected chi connectivity index (χ2v) is 7.27. The number of ether oxygens (including phenoxy) is 2. The number of rotatable bonds is 3. The van der Waals surface area contributed by atoms with Crippen LogP contribution in [-0.4, -0.2) is 28.7 Å². The second kappa shape index (κ2) is 7.22. The number of hydrogen-bond donors (Lipinski definition) is 2. The minimum absolute atomic E-state index is 0.0209. The van der Waals surface area contributed by atoms with Crippen molar-refractivity contribution in [3.63, 3.8) is 0 Å². The quantitative estimate of drug-likeness (QED) is 0.639. The molecule has 0 unspecified atom stereocenters. The second-order valence-electron chi connectivity index (χ2n) is 7.27. The van der Waals surface area contributed by atoms with Crippen LogP contribution >= 0.6 is 0 Å². The third-order valence-corrected chi connectivity index (χ3v) is 5.32. The van der Waals surface area contributed by atoms with Gasteiger partial charge >= 0.3 is 6.18 Å². The van der Waals surface area contributed by atoms with E-state index in [2.05, 4.69) is 15.7 Å². The van der Waals surface area contributed by atoms with Crippen molar-refractivity contribution in [2.75, 3.05) is 17.4 Å². The molecule has 2 N–H and O–H groups in total. The molecule has 3 aromatic rings. The van der Waals surface area contributed by atoms with E-state index in [1.54, 1.807) is 48.5 Å². The van der Waals surface area contributed by atoms with Gasteiger partial charge in [-0.2, -0.15) is 18.3 Å². The minimum Gasteiger partial charge on any atom is -0.454 e. The summed E-state index contributed by atoms with van der Waals surface area (Å²) >= 11 is 0. The van der Waals surface area contributed by atoms with Gasteiger partial charge in [-0.05, 0) is 17.7 Å². The largest absolute Gasteiger partial charge is 0.454 e.